The molecular weight excluding hydrogens is 216 g/mol. The topological polar surface area (TPSA) is 58.1 Å². The van der Waals surface area contributed by atoms with Crippen molar-refractivity contribution in [2.75, 3.05) is 25.0 Å². The predicted octanol–water partition coefficient (Wildman–Crippen LogP) is 0.747. The molecule has 0 bridgehead atoms. The Hall–Kier alpha value is -1.65. The number of hydrogen-bond donors (Lipinski definition) is 1. The van der Waals surface area contributed by atoms with E-state index in [0.717, 1.165) is 37.4 Å². The van der Waals surface area contributed by atoms with Crippen LogP contribution >= 0.6 is 0 Å². The number of piperidine rings is 1. The number of nitrogens with zero attached hydrogens (tertiary/aromatic N) is 3. The van der Waals surface area contributed by atoms with Gasteiger partial charge in [0.2, 0.25) is 5.91 Å². The second-order valence-corrected chi connectivity index (χ2v) is 4.39. The molecule has 1 saturated heterocycles. The minimum atomic E-state index is 0.147. The molecular formula is C12H18N4O. The maximum absolute atomic E-state index is 11.5. The number of rotatable bonds is 2. The molecule has 1 amide bonds. The lowest BCUT2D eigenvalue weighted by Crippen LogP contribution is -2.40. The summed E-state index contributed by atoms with van der Waals surface area (Å²) in [6.45, 7) is 3.68. The zero-order valence-electron chi connectivity index (χ0n) is 10.3. The van der Waals surface area contributed by atoms with Gasteiger partial charge in [0.25, 0.3) is 0 Å². The fourth-order valence-electron chi connectivity index (χ4n) is 2.18. The average molecular weight is 234 g/mol. The molecule has 2 heterocycles. The lowest BCUT2D eigenvalue weighted by atomic mass is 9.96. The molecule has 1 aliphatic rings. The van der Waals surface area contributed by atoms with Gasteiger partial charge in [-0.2, -0.15) is 0 Å². The van der Waals surface area contributed by atoms with Crippen LogP contribution in [0.15, 0.2) is 12.4 Å². The molecule has 5 nitrogen and oxygen atoms in total. The number of carbonyl (C=O) groups excluding carboxylic acids is 1. The highest BCUT2D eigenvalue weighted by Gasteiger charge is 2.24. The first kappa shape index (κ1) is 11.8. The molecule has 0 radical (unpaired) electrons. The maximum atomic E-state index is 11.5. The van der Waals surface area contributed by atoms with Crippen LogP contribution in [0.1, 0.15) is 18.5 Å². The molecule has 0 aliphatic carbocycles. The standard InChI is InChI=1S/C12H18N4O/c1-9-7-14-8-11(15-9)16-5-3-10(4-6-16)12(17)13-2/h7-8,10H,3-6H2,1-2H3,(H,13,17). The average Bonchev–Trinajstić information content (AvgIpc) is 2.38. The predicted molar refractivity (Wildman–Crippen MR) is 65.8 cm³/mol. The largest absolute Gasteiger partial charge is 0.359 e. The van der Waals surface area contributed by atoms with Crippen LogP contribution in [0.5, 0.6) is 0 Å². The van der Waals surface area contributed by atoms with E-state index in [1.54, 1.807) is 19.4 Å². The number of amides is 1. The Kier molecular flexibility index (Phi) is 3.56. The summed E-state index contributed by atoms with van der Waals surface area (Å²) in [5.74, 6) is 1.22. The summed E-state index contributed by atoms with van der Waals surface area (Å²) in [6.07, 6.45) is 5.30. The smallest absolute Gasteiger partial charge is 0.222 e. The highest BCUT2D eigenvalue weighted by molar-refractivity contribution is 5.78. The molecule has 5 heteroatoms. The van der Waals surface area contributed by atoms with E-state index >= 15 is 0 Å². The maximum Gasteiger partial charge on any atom is 0.222 e. The van der Waals surface area contributed by atoms with Gasteiger partial charge >= 0.3 is 0 Å². The Morgan fingerprint density at radius 3 is 2.71 bits per heavy atom. The van der Waals surface area contributed by atoms with E-state index in [-0.39, 0.29) is 11.8 Å². The van der Waals surface area contributed by atoms with E-state index in [1.807, 2.05) is 6.92 Å². The van der Waals surface area contributed by atoms with Gasteiger partial charge in [0.05, 0.1) is 11.9 Å². The van der Waals surface area contributed by atoms with Gasteiger partial charge in [0, 0.05) is 32.3 Å². The molecule has 1 aromatic rings. The van der Waals surface area contributed by atoms with Gasteiger partial charge in [-0.05, 0) is 19.8 Å². The Labute approximate surface area is 101 Å². The summed E-state index contributed by atoms with van der Waals surface area (Å²) < 4.78 is 0. The Morgan fingerprint density at radius 1 is 1.41 bits per heavy atom. The molecule has 1 aliphatic heterocycles. The summed E-state index contributed by atoms with van der Waals surface area (Å²) in [5.41, 5.74) is 0.927. The number of anilines is 1. The number of nitrogens with one attached hydrogen (secondary N) is 1. The van der Waals surface area contributed by atoms with E-state index in [9.17, 15) is 4.79 Å². The van der Waals surface area contributed by atoms with Gasteiger partial charge in [-0.1, -0.05) is 0 Å². The third kappa shape index (κ3) is 2.72. The van der Waals surface area contributed by atoms with Gasteiger partial charge in [0.15, 0.2) is 0 Å². The molecule has 1 N–H and O–H groups in total. The zero-order valence-corrected chi connectivity index (χ0v) is 10.3. The normalized spacial score (nSPS) is 16.9. The summed E-state index contributed by atoms with van der Waals surface area (Å²) in [5, 5.41) is 2.71. The molecule has 0 unspecified atom stereocenters. The fraction of sp³-hybridized carbons (Fsp3) is 0.583. The molecule has 0 atom stereocenters. The van der Waals surface area contributed by atoms with Crippen molar-refractivity contribution in [1.29, 1.82) is 0 Å². The van der Waals surface area contributed by atoms with Crippen LogP contribution in [0.4, 0.5) is 5.82 Å². The summed E-state index contributed by atoms with van der Waals surface area (Å²) in [4.78, 5) is 22.3. The van der Waals surface area contributed by atoms with Crippen LogP contribution in [0, 0.1) is 12.8 Å². The number of carbonyl (C=O) groups is 1. The molecule has 0 spiro atoms. The number of aromatic nitrogens is 2. The van der Waals surface area contributed by atoms with E-state index in [0.29, 0.717) is 0 Å². The van der Waals surface area contributed by atoms with Crippen LogP contribution in [0.2, 0.25) is 0 Å². The van der Waals surface area contributed by atoms with Gasteiger partial charge in [-0.3, -0.25) is 9.78 Å². The SMILES string of the molecule is CNC(=O)C1CCN(c2cncc(C)n2)CC1. The van der Waals surface area contributed by atoms with E-state index in [2.05, 4.69) is 20.2 Å². The summed E-state index contributed by atoms with van der Waals surface area (Å²) in [7, 11) is 1.70. The van der Waals surface area contributed by atoms with Crippen molar-refractivity contribution in [3.63, 3.8) is 0 Å². The van der Waals surface area contributed by atoms with Crippen LogP contribution < -0.4 is 10.2 Å². The van der Waals surface area contributed by atoms with Crippen molar-refractivity contribution in [2.24, 2.45) is 5.92 Å². The van der Waals surface area contributed by atoms with Gasteiger partial charge in [0.1, 0.15) is 5.82 Å². The Balaban J connectivity index is 1.97. The lowest BCUT2D eigenvalue weighted by Gasteiger charge is -2.31. The Morgan fingerprint density at radius 2 is 2.12 bits per heavy atom. The minimum absolute atomic E-state index is 0.147. The minimum Gasteiger partial charge on any atom is -0.359 e. The summed E-state index contributed by atoms with van der Waals surface area (Å²) in [6, 6.07) is 0. The summed E-state index contributed by atoms with van der Waals surface area (Å²) >= 11 is 0. The number of aryl methyl sites for hydroxylation is 1. The first-order valence-corrected chi connectivity index (χ1v) is 5.96. The third-order valence-corrected chi connectivity index (χ3v) is 3.18. The first-order chi connectivity index (χ1) is 8.20. The fourth-order valence-corrected chi connectivity index (χ4v) is 2.18. The van der Waals surface area contributed by atoms with E-state index < -0.39 is 0 Å². The zero-order chi connectivity index (χ0) is 12.3. The molecule has 1 aromatic heterocycles. The first-order valence-electron chi connectivity index (χ1n) is 5.96. The van der Waals surface area contributed by atoms with Crippen molar-refractivity contribution in [2.45, 2.75) is 19.8 Å². The van der Waals surface area contributed by atoms with Crippen molar-refractivity contribution < 1.29 is 4.79 Å². The van der Waals surface area contributed by atoms with E-state index in [1.165, 1.54) is 0 Å². The highest BCUT2D eigenvalue weighted by Crippen LogP contribution is 2.21. The van der Waals surface area contributed by atoms with E-state index in [4.69, 9.17) is 0 Å². The monoisotopic (exact) mass is 234 g/mol. The van der Waals surface area contributed by atoms with Gasteiger partial charge in [-0.15, -0.1) is 0 Å². The van der Waals surface area contributed by atoms with Crippen LogP contribution in [0.3, 0.4) is 0 Å². The van der Waals surface area contributed by atoms with Crippen molar-refractivity contribution in [3.05, 3.63) is 18.1 Å². The molecule has 92 valence electrons. The van der Waals surface area contributed by atoms with Crippen molar-refractivity contribution >= 4 is 11.7 Å². The molecule has 0 aromatic carbocycles. The Bertz CT molecular complexity index is 399. The highest BCUT2D eigenvalue weighted by atomic mass is 16.1. The second kappa shape index (κ2) is 5.12. The van der Waals surface area contributed by atoms with Crippen LogP contribution in [-0.4, -0.2) is 36.0 Å². The van der Waals surface area contributed by atoms with Crippen LogP contribution in [-0.2, 0) is 4.79 Å². The van der Waals surface area contributed by atoms with Crippen LogP contribution in [0.25, 0.3) is 0 Å². The lowest BCUT2D eigenvalue weighted by molar-refractivity contribution is -0.125. The van der Waals surface area contributed by atoms with Crippen molar-refractivity contribution in [3.8, 4) is 0 Å². The van der Waals surface area contributed by atoms with Gasteiger partial charge < -0.3 is 10.2 Å². The molecule has 1 fully saturated rings. The molecule has 17 heavy (non-hydrogen) atoms. The second-order valence-electron chi connectivity index (χ2n) is 4.39. The quantitative estimate of drug-likeness (QED) is 0.820. The van der Waals surface area contributed by atoms with Gasteiger partial charge in [-0.25, -0.2) is 4.98 Å². The third-order valence-electron chi connectivity index (χ3n) is 3.18. The molecule has 0 saturated carbocycles. The number of hydrogen-bond acceptors (Lipinski definition) is 4. The van der Waals surface area contributed by atoms with Crippen molar-refractivity contribution in [1.82, 2.24) is 15.3 Å². The molecule has 2 rings (SSSR count).